The van der Waals surface area contributed by atoms with Crippen LogP contribution in [0.25, 0.3) is 0 Å². The Bertz CT molecular complexity index is 1300. The van der Waals surface area contributed by atoms with E-state index in [-0.39, 0.29) is 25.3 Å². The number of amides is 2. The molecule has 2 aromatic carbocycles. The van der Waals surface area contributed by atoms with E-state index < -0.39 is 48.5 Å². The number of aliphatic hydroxyl groups excluding tert-OH is 1. The lowest BCUT2D eigenvalue weighted by atomic mass is 9.82. The molecular formula is C26H30FN3O7Si. The third kappa shape index (κ3) is 4.07. The summed E-state index contributed by atoms with van der Waals surface area (Å²) < 4.78 is 27.1. The van der Waals surface area contributed by atoms with E-state index in [1.807, 2.05) is 6.07 Å². The fourth-order valence-corrected chi connectivity index (χ4v) is 8.88. The summed E-state index contributed by atoms with van der Waals surface area (Å²) in [5.41, 5.74) is -0.247. The van der Waals surface area contributed by atoms with Crippen molar-refractivity contribution in [1.82, 2.24) is 0 Å². The lowest BCUT2D eigenvalue weighted by molar-refractivity contribution is -0.385. The number of anilines is 2. The molecule has 3 aliphatic rings. The van der Waals surface area contributed by atoms with Crippen LogP contribution < -0.4 is 9.80 Å². The van der Waals surface area contributed by atoms with Gasteiger partial charge < -0.3 is 23.6 Å². The normalized spacial score (nSPS) is 26.8. The van der Waals surface area contributed by atoms with Crippen LogP contribution in [-0.4, -0.2) is 56.3 Å². The number of hydrogen-bond donors (Lipinski definition) is 1. The van der Waals surface area contributed by atoms with Crippen LogP contribution in [0.15, 0.2) is 42.5 Å². The summed E-state index contributed by atoms with van der Waals surface area (Å²) in [7, 11) is -3.38. The van der Waals surface area contributed by atoms with E-state index in [9.17, 15) is 24.8 Å². The maximum Gasteiger partial charge on any atom is 0.414 e. The summed E-state index contributed by atoms with van der Waals surface area (Å²) >= 11 is 0. The Hall–Kier alpha value is -3.35. The minimum atomic E-state index is -3.38. The molecule has 2 saturated heterocycles. The highest BCUT2D eigenvalue weighted by molar-refractivity contribution is 6.72. The number of nitro benzene ring substituents is 1. The van der Waals surface area contributed by atoms with Crippen LogP contribution in [0, 0.1) is 16.0 Å². The van der Waals surface area contributed by atoms with Gasteiger partial charge in [-0.3, -0.25) is 19.8 Å². The Morgan fingerprint density at radius 2 is 2.00 bits per heavy atom. The van der Waals surface area contributed by atoms with Crippen LogP contribution in [0.5, 0.6) is 0 Å². The lowest BCUT2D eigenvalue weighted by Gasteiger charge is -2.31. The Morgan fingerprint density at radius 3 is 2.63 bits per heavy atom. The van der Waals surface area contributed by atoms with E-state index in [0.717, 1.165) is 5.56 Å². The first-order valence-electron chi connectivity index (χ1n) is 12.6. The molecule has 4 atom stereocenters. The third-order valence-electron chi connectivity index (χ3n) is 7.89. The number of ether oxygens (including phenoxy) is 2. The number of nitrogens with zero attached hydrogens (tertiary/aromatic N) is 3. The number of cyclic esters (lactones) is 1. The minimum Gasteiger partial charge on any atom is -0.447 e. The highest BCUT2D eigenvalue weighted by atomic mass is 28.4. The Labute approximate surface area is 220 Å². The number of nitro groups is 1. The molecule has 0 unspecified atom stereocenters. The van der Waals surface area contributed by atoms with E-state index >= 15 is 4.11 Å². The van der Waals surface area contributed by atoms with E-state index in [1.54, 1.807) is 38.2 Å². The van der Waals surface area contributed by atoms with Crippen LogP contribution in [0.1, 0.15) is 24.5 Å². The molecule has 0 radical (unpaired) electrons. The quantitative estimate of drug-likeness (QED) is 0.240. The monoisotopic (exact) mass is 543 g/mol. The maximum atomic E-state index is 15.6. The number of fused-ring (bicyclic) bond motifs is 2. The summed E-state index contributed by atoms with van der Waals surface area (Å²) in [5.74, 6) is -1.04. The van der Waals surface area contributed by atoms with Crippen LogP contribution in [0.2, 0.25) is 18.6 Å². The molecule has 0 bridgehead atoms. The predicted molar refractivity (Wildman–Crippen MR) is 139 cm³/mol. The zero-order valence-electron chi connectivity index (χ0n) is 21.4. The zero-order valence-corrected chi connectivity index (χ0v) is 22.4. The van der Waals surface area contributed by atoms with Crippen molar-refractivity contribution in [3.8, 4) is 0 Å². The van der Waals surface area contributed by atoms with Gasteiger partial charge in [0.25, 0.3) is 11.6 Å². The van der Waals surface area contributed by atoms with Gasteiger partial charge in [-0.2, -0.15) is 0 Å². The van der Waals surface area contributed by atoms with Crippen molar-refractivity contribution in [2.45, 2.75) is 50.2 Å². The first kappa shape index (κ1) is 26.3. The van der Waals surface area contributed by atoms with Crippen molar-refractivity contribution in [1.29, 1.82) is 0 Å². The van der Waals surface area contributed by atoms with Crippen LogP contribution in [0.3, 0.4) is 0 Å². The second kappa shape index (κ2) is 9.44. The van der Waals surface area contributed by atoms with Gasteiger partial charge in [0.2, 0.25) is 8.41 Å². The topological polar surface area (TPSA) is 122 Å². The molecule has 10 nitrogen and oxygen atoms in total. The Morgan fingerprint density at radius 1 is 1.24 bits per heavy atom. The number of benzene rings is 2. The number of carbonyl (C=O) groups excluding carboxylic acids is 2. The molecular weight excluding hydrogens is 513 g/mol. The highest BCUT2D eigenvalue weighted by Crippen LogP contribution is 2.60. The van der Waals surface area contributed by atoms with Gasteiger partial charge in [-0.15, -0.1) is 0 Å². The second-order valence-electron chi connectivity index (χ2n) is 10.6. The molecule has 202 valence electrons. The molecule has 1 N–H and O–H groups in total. The number of aliphatic hydroxyl groups is 1. The third-order valence-corrected chi connectivity index (χ3v) is 10.3. The van der Waals surface area contributed by atoms with Crippen LogP contribution in [-0.2, 0) is 26.4 Å². The average Bonchev–Trinajstić information content (AvgIpc) is 3.49. The summed E-state index contributed by atoms with van der Waals surface area (Å²) in [6.07, 6.45) is -0.992. The lowest BCUT2D eigenvalue weighted by Crippen LogP contribution is -2.45. The highest BCUT2D eigenvalue weighted by Gasteiger charge is 2.66. The molecule has 5 rings (SSSR count). The van der Waals surface area contributed by atoms with E-state index in [4.69, 9.17) is 9.47 Å². The summed E-state index contributed by atoms with van der Waals surface area (Å²) in [4.78, 5) is 40.5. The number of halogens is 1. The second-order valence-corrected chi connectivity index (χ2v) is 14.4. The van der Waals surface area contributed by atoms with Crippen molar-refractivity contribution in [2.24, 2.45) is 5.92 Å². The van der Waals surface area contributed by atoms with Crippen LogP contribution in [0.4, 0.5) is 26.0 Å². The van der Waals surface area contributed by atoms with Crippen molar-refractivity contribution in [3.05, 3.63) is 63.7 Å². The largest absolute Gasteiger partial charge is 0.447 e. The summed E-state index contributed by atoms with van der Waals surface area (Å²) in [6.45, 7) is 5.47. The summed E-state index contributed by atoms with van der Waals surface area (Å²) in [6, 6.07) is 11.4. The SMILES string of the molecule is C[C@@H]1[C@@H]([Si](C)(C)F)[C@H](CCO)O[C@@]12C(=O)N(Cc1cccc(N3CCOC3=O)c1)c1ccc([N+](=O)[O-])cc12. The number of carbonyl (C=O) groups is 2. The van der Waals surface area contributed by atoms with Gasteiger partial charge in [0.15, 0.2) is 5.60 Å². The smallest absolute Gasteiger partial charge is 0.414 e. The molecule has 38 heavy (non-hydrogen) atoms. The van der Waals surface area contributed by atoms with Crippen molar-refractivity contribution in [3.63, 3.8) is 0 Å². The molecule has 12 heteroatoms. The van der Waals surface area contributed by atoms with Gasteiger partial charge in [-0.1, -0.05) is 19.1 Å². The first-order chi connectivity index (χ1) is 18.0. The summed E-state index contributed by atoms with van der Waals surface area (Å²) in [5, 5.41) is 21.3. The molecule has 2 aromatic rings. The van der Waals surface area contributed by atoms with Gasteiger partial charge in [-0.05, 0) is 43.3 Å². The fourth-order valence-electron chi connectivity index (χ4n) is 6.34. The van der Waals surface area contributed by atoms with E-state index in [0.29, 0.717) is 30.1 Å². The van der Waals surface area contributed by atoms with E-state index in [2.05, 4.69) is 0 Å². The van der Waals surface area contributed by atoms with E-state index in [1.165, 1.54) is 28.0 Å². The molecule has 0 aromatic heterocycles. The molecule has 2 fully saturated rings. The number of rotatable bonds is 7. The first-order valence-corrected chi connectivity index (χ1v) is 15.6. The number of hydrogen-bond acceptors (Lipinski definition) is 7. The maximum absolute atomic E-state index is 15.6. The molecule has 1 spiro atoms. The predicted octanol–water partition coefficient (Wildman–Crippen LogP) is 4.26. The van der Waals surface area contributed by atoms with Crippen molar-refractivity contribution in [2.75, 3.05) is 29.6 Å². The van der Waals surface area contributed by atoms with Crippen molar-refractivity contribution < 1.29 is 33.2 Å². The van der Waals surface area contributed by atoms with Gasteiger partial charge in [0, 0.05) is 41.4 Å². The Kier molecular flexibility index (Phi) is 6.52. The molecule has 2 amide bonds. The molecule has 0 saturated carbocycles. The standard InChI is InChI=1S/C26H30FN3O7Si/c1-16-23(38(2,3)27)22(9-11-31)37-26(16)20-14-19(30(34)35)7-8-21(20)29(24(26)32)15-17-5-4-6-18(13-17)28-10-12-36-25(28)33/h4-8,13-14,16,22-23,31H,9-12,15H2,1-3H3/t16-,22+,23-,26+/m1/s1. The molecule has 3 aliphatic heterocycles. The van der Waals surface area contributed by atoms with Gasteiger partial charge >= 0.3 is 6.09 Å². The molecule has 3 heterocycles. The molecule has 0 aliphatic carbocycles. The number of non-ortho nitro benzene ring substituents is 1. The minimum absolute atomic E-state index is 0.115. The average molecular weight is 544 g/mol. The zero-order chi connectivity index (χ0) is 27.4. The van der Waals surface area contributed by atoms with Crippen molar-refractivity contribution >= 4 is 37.5 Å². The van der Waals surface area contributed by atoms with Crippen LogP contribution >= 0.6 is 0 Å². The fraction of sp³-hybridized carbons (Fsp3) is 0.462. The van der Waals surface area contributed by atoms with Gasteiger partial charge in [0.05, 0.1) is 29.8 Å². The van der Waals surface area contributed by atoms with Gasteiger partial charge in [-0.25, -0.2) is 4.79 Å². The van der Waals surface area contributed by atoms with Gasteiger partial charge in [0.1, 0.15) is 6.61 Å². The Balaban J connectivity index is 1.58.